The topological polar surface area (TPSA) is 57.0 Å². The van der Waals surface area contributed by atoms with E-state index in [2.05, 4.69) is 4.98 Å². The first kappa shape index (κ1) is 19.2. The van der Waals surface area contributed by atoms with Crippen molar-refractivity contribution >= 4 is 22.7 Å². The molecule has 2 aromatic heterocycles. The molecule has 0 saturated carbocycles. The molecule has 2 heterocycles. The first-order valence-corrected chi connectivity index (χ1v) is 10.4. The third kappa shape index (κ3) is 4.32. The van der Waals surface area contributed by atoms with Gasteiger partial charge in [-0.1, -0.05) is 42.1 Å². The van der Waals surface area contributed by atoms with Crippen LogP contribution >= 0.6 is 11.8 Å². The van der Waals surface area contributed by atoms with Crippen molar-refractivity contribution in [3.05, 3.63) is 88.3 Å². The first-order valence-electron chi connectivity index (χ1n) is 9.39. The quantitative estimate of drug-likeness (QED) is 0.268. The zero-order valence-electron chi connectivity index (χ0n) is 16.3. The predicted octanol–water partition coefficient (Wildman–Crippen LogP) is 4.57. The van der Waals surface area contributed by atoms with Gasteiger partial charge in [0.1, 0.15) is 11.6 Å². The van der Waals surface area contributed by atoms with E-state index in [1.165, 1.54) is 11.8 Å². The van der Waals surface area contributed by atoms with Crippen LogP contribution in [0, 0.1) is 13.8 Å². The van der Waals surface area contributed by atoms with Gasteiger partial charge in [0.25, 0.3) is 5.56 Å². The molecule has 0 aliphatic heterocycles. The van der Waals surface area contributed by atoms with Gasteiger partial charge in [-0.05, 0) is 55.3 Å². The Balaban J connectivity index is 1.62. The lowest BCUT2D eigenvalue weighted by atomic mass is 10.2. The second-order valence-corrected chi connectivity index (χ2v) is 7.82. The van der Waals surface area contributed by atoms with Crippen LogP contribution in [0.1, 0.15) is 11.1 Å². The van der Waals surface area contributed by atoms with Gasteiger partial charge >= 0.3 is 0 Å². The summed E-state index contributed by atoms with van der Waals surface area (Å²) in [5.74, 6) is 2.07. The Morgan fingerprint density at radius 2 is 1.86 bits per heavy atom. The molecule has 0 unspecified atom stereocenters. The molecule has 0 fully saturated rings. The molecule has 4 aromatic rings. The molecule has 0 radical (unpaired) electrons. The van der Waals surface area contributed by atoms with Gasteiger partial charge in [0.15, 0.2) is 5.16 Å². The predicted molar refractivity (Wildman–Crippen MR) is 117 cm³/mol. The lowest BCUT2D eigenvalue weighted by Crippen LogP contribution is -2.23. The normalized spacial score (nSPS) is 11.0. The van der Waals surface area contributed by atoms with E-state index in [-0.39, 0.29) is 5.56 Å². The maximum Gasteiger partial charge on any atom is 0.267 e. The maximum absolute atomic E-state index is 13.2. The number of hydrogen-bond donors (Lipinski definition) is 0. The smallest absolute Gasteiger partial charge is 0.267 e. The summed E-state index contributed by atoms with van der Waals surface area (Å²) in [7, 11) is 0. The first-order chi connectivity index (χ1) is 14.1. The van der Waals surface area contributed by atoms with Crippen molar-refractivity contribution in [2.45, 2.75) is 19.0 Å². The summed E-state index contributed by atoms with van der Waals surface area (Å²) in [6, 6.07) is 19.1. The van der Waals surface area contributed by atoms with Crippen LogP contribution in [0.2, 0.25) is 0 Å². The molecule has 0 saturated heterocycles. The van der Waals surface area contributed by atoms with Crippen molar-refractivity contribution in [1.29, 1.82) is 0 Å². The van der Waals surface area contributed by atoms with Gasteiger partial charge < -0.3 is 4.74 Å². The lowest BCUT2D eigenvalue weighted by Gasteiger charge is -2.13. The number of nitrogens with zero attached hydrogens (tertiary/aromatic N) is 3. The number of benzene rings is 2. The van der Waals surface area contributed by atoms with E-state index in [9.17, 15) is 4.79 Å². The number of aryl methyl sites for hydroxylation is 2. The van der Waals surface area contributed by atoms with E-state index in [1.54, 1.807) is 16.8 Å². The standard InChI is InChI=1S/C23H21N3O2S/c1-16-6-5-7-18(14-16)28-12-13-29-23-25-20-9-4-3-8-19(20)22(27)26(23)21-11-10-17(2)15-24-21/h3-11,14-15H,12-13H2,1-2H3. The van der Waals surface area contributed by atoms with Gasteiger partial charge in [-0.2, -0.15) is 0 Å². The van der Waals surface area contributed by atoms with Gasteiger partial charge in [0.05, 0.1) is 17.5 Å². The van der Waals surface area contributed by atoms with Crippen molar-refractivity contribution < 1.29 is 4.74 Å². The third-order valence-corrected chi connectivity index (χ3v) is 5.35. The van der Waals surface area contributed by atoms with E-state index in [4.69, 9.17) is 9.72 Å². The summed E-state index contributed by atoms with van der Waals surface area (Å²) in [5, 5.41) is 1.19. The molecule has 0 spiro atoms. The molecule has 146 valence electrons. The SMILES string of the molecule is Cc1ccc(-n2c(SCCOc3cccc(C)c3)nc3ccccc3c2=O)nc1. The van der Waals surface area contributed by atoms with E-state index < -0.39 is 0 Å². The highest BCUT2D eigenvalue weighted by atomic mass is 32.2. The largest absolute Gasteiger partial charge is 0.493 e. The highest BCUT2D eigenvalue weighted by Gasteiger charge is 2.14. The minimum absolute atomic E-state index is 0.117. The zero-order chi connectivity index (χ0) is 20.2. The fourth-order valence-electron chi connectivity index (χ4n) is 3.00. The molecule has 0 atom stereocenters. The monoisotopic (exact) mass is 403 g/mol. The molecule has 0 N–H and O–H groups in total. The van der Waals surface area contributed by atoms with E-state index in [0.717, 1.165) is 16.9 Å². The summed E-state index contributed by atoms with van der Waals surface area (Å²) < 4.78 is 7.42. The number of fused-ring (bicyclic) bond motifs is 1. The van der Waals surface area contributed by atoms with Crippen molar-refractivity contribution in [2.24, 2.45) is 0 Å². The Hall–Kier alpha value is -3.12. The van der Waals surface area contributed by atoms with E-state index in [0.29, 0.717) is 34.2 Å². The van der Waals surface area contributed by atoms with E-state index in [1.807, 2.05) is 68.4 Å². The minimum atomic E-state index is -0.117. The van der Waals surface area contributed by atoms with Gasteiger partial charge in [0, 0.05) is 11.9 Å². The van der Waals surface area contributed by atoms with Crippen LogP contribution in [0.4, 0.5) is 0 Å². The average Bonchev–Trinajstić information content (AvgIpc) is 2.72. The molecule has 4 rings (SSSR count). The highest BCUT2D eigenvalue weighted by molar-refractivity contribution is 7.99. The summed E-state index contributed by atoms with van der Waals surface area (Å²) in [6.45, 7) is 4.52. The van der Waals surface area contributed by atoms with Crippen molar-refractivity contribution in [2.75, 3.05) is 12.4 Å². The Kier molecular flexibility index (Phi) is 5.62. The van der Waals surface area contributed by atoms with Crippen LogP contribution in [-0.2, 0) is 0 Å². The van der Waals surface area contributed by atoms with Gasteiger partial charge in [-0.15, -0.1) is 0 Å². The van der Waals surface area contributed by atoms with Crippen LogP contribution in [-0.4, -0.2) is 26.9 Å². The molecule has 2 aromatic carbocycles. The number of thioether (sulfide) groups is 1. The fraction of sp³-hybridized carbons (Fsp3) is 0.174. The number of aromatic nitrogens is 3. The summed E-state index contributed by atoms with van der Waals surface area (Å²) in [4.78, 5) is 22.3. The van der Waals surface area contributed by atoms with Crippen LogP contribution in [0.3, 0.4) is 0 Å². The van der Waals surface area contributed by atoms with Gasteiger partial charge in [-0.25, -0.2) is 14.5 Å². The Bertz CT molecular complexity index is 1200. The number of rotatable bonds is 6. The molecule has 0 aliphatic rings. The number of ether oxygens (including phenoxy) is 1. The molecular formula is C23H21N3O2S. The van der Waals surface area contributed by atoms with Crippen LogP contribution < -0.4 is 10.3 Å². The molecule has 29 heavy (non-hydrogen) atoms. The zero-order valence-corrected chi connectivity index (χ0v) is 17.1. The van der Waals surface area contributed by atoms with Crippen molar-refractivity contribution in [3.63, 3.8) is 0 Å². The Morgan fingerprint density at radius 1 is 1.00 bits per heavy atom. The average molecular weight is 404 g/mol. The maximum atomic E-state index is 13.2. The molecule has 5 nitrogen and oxygen atoms in total. The summed E-state index contributed by atoms with van der Waals surface area (Å²) in [5.41, 5.74) is 2.76. The fourth-order valence-corrected chi connectivity index (χ4v) is 3.82. The van der Waals surface area contributed by atoms with E-state index >= 15 is 0 Å². The minimum Gasteiger partial charge on any atom is -0.493 e. The van der Waals surface area contributed by atoms with Crippen LogP contribution in [0.25, 0.3) is 16.7 Å². The summed E-state index contributed by atoms with van der Waals surface area (Å²) >= 11 is 1.49. The molecular weight excluding hydrogens is 382 g/mol. The number of hydrogen-bond acceptors (Lipinski definition) is 5. The third-order valence-electron chi connectivity index (χ3n) is 4.44. The Morgan fingerprint density at radius 3 is 2.66 bits per heavy atom. The molecule has 0 bridgehead atoms. The van der Waals surface area contributed by atoms with Crippen LogP contribution in [0.5, 0.6) is 5.75 Å². The second-order valence-electron chi connectivity index (χ2n) is 6.76. The Labute approximate surface area is 173 Å². The van der Waals surface area contributed by atoms with Gasteiger partial charge in [0.2, 0.25) is 0 Å². The number of para-hydroxylation sites is 1. The molecule has 6 heteroatoms. The number of pyridine rings is 1. The summed E-state index contributed by atoms with van der Waals surface area (Å²) in [6.07, 6.45) is 1.76. The van der Waals surface area contributed by atoms with Crippen molar-refractivity contribution in [3.8, 4) is 11.6 Å². The van der Waals surface area contributed by atoms with Crippen molar-refractivity contribution in [1.82, 2.24) is 14.5 Å². The van der Waals surface area contributed by atoms with Gasteiger partial charge in [-0.3, -0.25) is 4.79 Å². The molecule has 0 amide bonds. The second kappa shape index (κ2) is 8.49. The lowest BCUT2D eigenvalue weighted by molar-refractivity contribution is 0.343. The highest BCUT2D eigenvalue weighted by Crippen LogP contribution is 2.21. The molecule has 0 aliphatic carbocycles. The van der Waals surface area contributed by atoms with Crippen LogP contribution in [0.15, 0.2) is 76.8 Å².